The first-order valence-corrected chi connectivity index (χ1v) is 9.92. The summed E-state index contributed by atoms with van der Waals surface area (Å²) in [5.41, 5.74) is 10.1. The Bertz CT molecular complexity index is 1490. The van der Waals surface area contributed by atoms with E-state index < -0.39 is 0 Å². The van der Waals surface area contributed by atoms with Gasteiger partial charge in [0, 0.05) is 44.1 Å². The third-order valence-corrected chi connectivity index (χ3v) is 5.25. The largest absolute Gasteiger partial charge is 0.355 e. The molecule has 0 aliphatic carbocycles. The van der Waals surface area contributed by atoms with E-state index in [0.717, 1.165) is 50.4 Å². The third kappa shape index (κ3) is 3.88. The first-order chi connectivity index (χ1) is 14.8. The average Bonchev–Trinajstić information content (AvgIpc) is 3.53. The molecule has 152 valence electrons. The Kier molecular flexibility index (Phi) is 4.89. The first-order valence-electron chi connectivity index (χ1n) is 9.92. The van der Waals surface area contributed by atoms with Gasteiger partial charge in [0.2, 0.25) is 0 Å². The van der Waals surface area contributed by atoms with Gasteiger partial charge in [-0.3, -0.25) is 0 Å². The molecule has 0 amide bonds. The molecule has 0 spiro atoms. The number of rotatable bonds is 1. The van der Waals surface area contributed by atoms with Crippen LogP contribution in [-0.4, -0.2) is 19.9 Å². The van der Waals surface area contributed by atoms with Crippen LogP contribution < -0.4 is 0 Å². The summed E-state index contributed by atoms with van der Waals surface area (Å²) in [6.07, 6.45) is 8.16. The summed E-state index contributed by atoms with van der Waals surface area (Å²) in [4.78, 5) is 16.5. The molecule has 5 heterocycles. The molecule has 1 aromatic carbocycles. The number of nitrogens with zero attached hydrogens (tertiary/aromatic N) is 2. The molecule has 6 rings (SSSR count). The van der Waals surface area contributed by atoms with Crippen LogP contribution in [0.15, 0.2) is 72.8 Å². The average molecular weight is 445 g/mol. The minimum Gasteiger partial charge on any atom is -0.355 e. The minimum absolute atomic E-state index is 0. The monoisotopic (exact) mass is 444 g/mol. The fourth-order valence-corrected chi connectivity index (χ4v) is 3.87. The van der Waals surface area contributed by atoms with Gasteiger partial charge in [0.1, 0.15) is 0 Å². The number of hydrogen-bond acceptors (Lipinski definition) is 2. The second kappa shape index (κ2) is 7.86. The summed E-state index contributed by atoms with van der Waals surface area (Å²) >= 11 is 0. The van der Waals surface area contributed by atoms with Crippen LogP contribution in [0.4, 0.5) is 0 Å². The second-order valence-corrected chi connectivity index (χ2v) is 7.45. The van der Waals surface area contributed by atoms with Gasteiger partial charge in [-0.25, -0.2) is 9.97 Å². The molecule has 0 saturated carbocycles. The van der Waals surface area contributed by atoms with Crippen molar-refractivity contribution < 1.29 is 16.5 Å². The van der Waals surface area contributed by atoms with Gasteiger partial charge in [0.05, 0.1) is 22.8 Å². The van der Waals surface area contributed by atoms with Crippen molar-refractivity contribution in [1.29, 1.82) is 0 Å². The van der Waals surface area contributed by atoms with Gasteiger partial charge in [0.15, 0.2) is 0 Å². The van der Waals surface area contributed by atoms with Crippen molar-refractivity contribution in [3.63, 3.8) is 0 Å². The fraction of sp³-hybridized carbons (Fsp3) is 0. The standard InChI is InChI=1S/C26H18N4.Ni/c1-2-4-17(5-3-1)25-15-24-14-22-9-8-20(28-22)12-18-6-7-19(27-18)13-21-10-11-23(29-21)16-26(25)30-24;/h1-16,27,30H;. The summed E-state index contributed by atoms with van der Waals surface area (Å²) in [6.45, 7) is 0. The van der Waals surface area contributed by atoms with E-state index in [0.29, 0.717) is 0 Å². The molecule has 2 N–H and O–H groups in total. The summed E-state index contributed by atoms with van der Waals surface area (Å²) in [5.74, 6) is 0. The van der Waals surface area contributed by atoms with Gasteiger partial charge < -0.3 is 9.97 Å². The smallest absolute Gasteiger partial charge is 0.0658 e. The van der Waals surface area contributed by atoms with E-state index in [1.54, 1.807) is 0 Å². The third-order valence-electron chi connectivity index (χ3n) is 5.25. The van der Waals surface area contributed by atoms with E-state index in [1.165, 1.54) is 5.56 Å². The van der Waals surface area contributed by atoms with Gasteiger partial charge in [-0.1, -0.05) is 30.3 Å². The number of aromatic nitrogens is 4. The quantitative estimate of drug-likeness (QED) is 0.291. The molecule has 31 heavy (non-hydrogen) atoms. The minimum atomic E-state index is 0. The molecular weight excluding hydrogens is 427 g/mol. The van der Waals surface area contributed by atoms with Gasteiger partial charge in [-0.05, 0) is 72.3 Å². The molecule has 0 unspecified atom stereocenters. The van der Waals surface area contributed by atoms with Crippen LogP contribution in [0.2, 0.25) is 0 Å². The van der Waals surface area contributed by atoms with Gasteiger partial charge in [-0.2, -0.15) is 0 Å². The molecule has 0 atom stereocenters. The fourth-order valence-electron chi connectivity index (χ4n) is 3.87. The predicted molar refractivity (Wildman–Crippen MR) is 124 cm³/mol. The van der Waals surface area contributed by atoms with Crippen molar-refractivity contribution in [2.75, 3.05) is 0 Å². The Labute approximate surface area is 189 Å². The normalized spacial score (nSPS) is 12.0. The zero-order chi connectivity index (χ0) is 19.9. The molecule has 0 fully saturated rings. The molecule has 0 radical (unpaired) electrons. The molecule has 5 heteroatoms. The summed E-state index contributed by atoms with van der Waals surface area (Å²) < 4.78 is 0. The van der Waals surface area contributed by atoms with Crippen molar-refractivity contribution in [3.8, 4) is 11.1 Å². The number of hydrogen-bond donors (Lipinski definition) is 2. The van der Waals surface area contributed by atoms with E-state index in [4.69, 9.17) is 9.97 Å². The van der Waals surface area contributed by atoms with Gasteiger partial charge >= 0.3 is 0 Å². The van der Waals surface area contributed by atoms with Crippen LogP contribution in [0.25, 0.3) is 57.5 Å². The van der Waals surface area contributed by atoms with Crippen molar-refractivity contribution >= 4 is 46.4 Å². The van der Waals surface area contributed by atoms with E-state index in [9.17, 15) is 0 Å². The molecule has 0 saturated heterocycles. The van der Waals surface area contributed by atoms with Crippen LogP contribution in [0.3, 0.4) is 0 Å². The summed E-state index contributed by atoms with van der Waals surface area (Å²) in [6, 6.07) is 25.0. The second-order valence-electron chi connectivity index (χ2n) is 7.45. The van der Waals surface area contributed by atoms with Crippen molar-refractivity contribution in [3.05, 3.63) is 95.6 Å². The number of fused-ring (bicyclic) bond motifs is 8. The Morgan fingerprint density at radius 1 is 0.516 bits per heavy atom. The van der Waals surface area contributed by atoms with Gasteiger partial charge in [-0.15, -0.1) is 0 Å². The zero-order valence-corrected chi connectivity index (χ0v) is 17.4. The number of benzene rings is 1. The first kappa shape index (κ1) is 19.3. The van der Waals surface area contributed by atoms with Crippen molar-refractivity contribution in [1.82, 2.24) is 19.9 Å². The Morgan fingerprint density at radius 2 is 1.06 bits per heavy atom. The van der Waals surface area contributed by atoms with Crippen molar-refractivity contribution in [2.45, 2.75) is 0 Å². The van der Waals surface area contributed by atoms with E-state index in [-0.39, 0.29) is 16.5 Å². The molecule has 4 aromatic rings. The molecule has 3 aromatic heterocycles. The van der Waals surface area contributed by atoms with Crippen LogP contribution in [0, 0.1) is 0 Å². The van der Waals surface area contributed by atoms with Crippen LogP contribution in [0.1, 0.15) is 22.8 Å². The number of H-pyrrole nitrogens is 2. The topological polar surface area (TPSA) is 57.4 Å². The van der Waals surface area contributed by atoms with E-state index >= 15 is 0 Å². The molecule has 2 aliphatic heterocycles. The zero-order valence-electron chi connectivity index (χ0n) is 16.4. The summed E-state index contributed by atoms with van der Waals surface area (Å²) in [5, 5.41) is 0. The number of aromatic amines is 2. The maximum absolute atomic E-state index is 4.77. The van der Waals surface area contributed by atoms with Crippen LogP contribution in [-0.2, 0) is 16.5 Å². The Hall–Kier alpha value is -3.69. The van der Waals surface area contributed by atoms with Crippen LogP contribution >= 0.6 is 0 Å². The van der Waals surface area contributed by atoms with Crippen LogP contribution in [0.5, 0.6) is 0 Å². The predicted octanol–water partition coefficient (Wildman–Crippen LogP) is 6.32. The van der Waals surface area contributed by atoms with E-state index in [1.807, 2.05) is 36.4 Å². The van der Waals surface area contributed by atoms with Crippen molar-refractivity contribution in [2.24, 2.45) is 0 Å². The maximum Gasteiger partial charge on any atom is 0.0658 e. The molecule has 8 bridgehead atoms. The SMILES string of the molecule is C1=Cc2cc3cc(-c4ccccc4)c(cc4nc(cc5ccc(cc1n2)[nH]5)C=C4)[nH]3.[Ni]. The Balaban J connectivity index is 0.00000204. The molecular formula is C26H18N4Ni. The molecule has 4 nitrogen and oxygen atoms in total. The Morgan fingerprint density at radius 3 is 1.68 bits per heavy atom. The summed E-state index contributed by atoms with van der Waals surface area (Å²) in [7, 11) is 0. The number of nitrogens with one attached hydrogen (secondary N) is 2. The maximum atomic E-state index is 4.77. The van der Waals surface area contributed by atoms with Gasteiger partial charge in [0.25, 0.3) is 0 Å². The molecule has 2 aliphatic rings. The van der Waals surface area contributed by atoms with E-state index in [2.05, 4.69) is 70.6 Å².